The number of hydrogen-bond acceptors (Lipinski definition) is 4. The fourth-order valence-electron chi connectivity index (χ4n) is 2.02. The van der Waals surface area contributed by atoms with Gasteiger partial charge in [0.25, 0.3) is 0 Å². The van der Waals surface area contributed by atoms with Crippen LogP contribution in [-0.4, -0.2) is 76.3 Å². The second-order valence-corrected chi connectivity index (χ2v) is 5.43. The molecule has 2 atom stereocenters. The van der Waals surface area contributed by atoms with Crippen molar-refractivity contribution in [3.05, 3.63) is 0 Å². The molecule has 1 aliphatic heterocycles. The van der Waals surface area contributed by atoms with Crippen molar-refractivity contribution in [1.82, 2.24) is 9.80 Å². The first-order valence-electron chi connectivity index (χ1n) is 5.89. The van der Waals surface area contributed by atoms with Crippen LogP contribution < -0.4 is 0 Å². The Morgan fingerprint density at radius 1 is 1.50 bits per heavy atom. The van der Waals surface area contributed by atoms with Crippen molar-refractivity contribution in [3.63, 3.8) is 0 Å². The molecule has 104 valence electrons. The van der Waals surface area contributed by atoms with Gasteiger partial charge in [0.05, 0.1) is 6.10 Å². The molecule has 1 heterocycles. The summed E-state index contributed by atoms with van der Waals surface area (Å²) in [6.07, 6.45) is 2.24. The predicted molar refractivity (Wildman–Crippen MR) is 69.8 cm³/mol. The Morgan fingerprint density at radius 3 is 2.72 bits per heavy atom. The Hall–Kier alpha value is -0.950. The third kappa shape index (κ3) is 3.78. The highest BCUT2D eigenvalue weighted by Crippen LogP contribution is 2.19. The molecule has 0 aromatic carbocycles. The zero-order valence-electron chi connectivity index (χ0n) is 10.7. The van der Waals surface area contributed by atoms with Crippen LogP contribution in [0.5, 0.6) is 0 Å². The highest BCUT2D eigenvalue weighted by atomic mass is 32.2. The summed E-state index contributed by atoms with van der Waals surface area (Å²) in [5.41, 5.74) is 0. The quantitative estimate of drug-likeness (QED) is 0.706. The molecule has 0 saturated carbocycles. The van der Waals surface area contributed by atoms with Crippen LogP contribution in [0.3, 0.4) is 0 Å². The van der Waals surface area contributed by atoms with Crippen LogP contribution in [0.4, 0.5) is 4.79 Å². The number of urea groups is 1. The van der Waals surface area contributed by atoms with E-state index in [2.05, 4.69) is 0 Å². The van der Waals surface area contributed by atoms with Crippen molar-refractivity contribution >= 4 is 23.8 Å². The number of likely N-dealkylation sites (tertiary alicyclic amines) is 1. The van der Waals surface area contributed by atoms with Crippen LogP contribution in [0.1, 0.15) is 12.8 Å². The number of nitrogens with zero attached hydrogens (tertiary/aromatic N) is 2. The number of amides is 2. The number of β-amino-alcohol motifs (C(OH)–C–C–N with tert-alkyl or cyclic N) is 1. The van der Waals surface area contributed by atoms with Crippen molar-refractivity contribution < 1.29 is 19.8 Å². The normalized spacial score (nSPS) is 23.2. The average Bonchev–Trinajstić information content (AvgIpc) is 2.70. The molecular formula is C11H20N2O4S. The Morgan fingerprint density at radius 2 is 2.17 bits per heavy atom. The van der Waals surface area contributed by atoms with Gasteiger partial charge in [-0.05, 0) is 18.4 Å². The number of carbonyl (C=O) groups excluding carboxylic acids is 1. The minimum absolute atomic E-state index is 0.0999. The van der Waals surface area contributed by atoms with Crippen LogP contribution in [0.15, 0.2) is 0 Å². The summed E-state index contributed by atoms with van der Waals surface area (Å²) >= 11 is 1.71. The lowest BCUT2D eigenvalue weighted by Gasteiger charge is -2.27. The molecule has 1 aliphatic rings. The molecule has 18 heavy (non-hydrogen) atoms. The molecule has 0 bridgehead atoms. The van der Waals surface area contributed by atoms with E-state index in [9.17, 15) is 14.7 Å². The summed E-state index contributed by atoms with van der Waals surface area (Å²) in [4.78, 5) is 25.8. The maximum absolute atomic E-state index is 12.1. The van der Waals surface area contributed by atoms with Gasteiger partial charge in [0, 0.05) is 26.6 Å². The standard InChI is InChI=1S/C11H20N2O4S/c1-12(4-3-5-18-2)11(17)13-7-8(14)6-9(13)10(15)16/h8-9,14H,3-7H2,1-2H3,(H,15,16)/t8-,9-/m1/s1. The van der Waals surface area contributed by atoms with Crippen molar-refractivity contribution in [2.45, 2.75) is 25.0 Å². The lowest BCUT2D eigenvalue weighted by molar-refractivity contribution is -0.141. The van der Waals surface area contributed by atoms with Crippen LogP contribution in [-0.2, 0) is 4.79 Å². The van der Waals surface area contributed by atoms with Crippen molar-refractivity contribution in [3.8, 4) is 0 Å². The molecule has 0 aromatic rings. The van der Waals surface area contributed by atoms with Gasteiger partial charge in [-0.15, -0.1) is 0 Å². The molecule has 0 spiro atoms. The van der Waals surface area contributed by atoms with Crippen LogP contribution in [0.2, 0.25) is 0 Å². The van der Waals surface area contributed by atoms with E-state index in [0.29, 0.717) is 6.54 Å². The zero-order chi connectivity index (χ0) is 13.7. The molecule has 0 aliphatic carbocycles. The zero-order valence-corrected chi connectivity index (χ0v) is 11.5. The van der Waals surface area contributed by atoms with Crippen LogP contribution >= 0.6 is 11.8 Å². The third-order valence-corrected chi connectivity index (χ3v) is 3.68. The monoisotopic (exact) mass is 276 g/mol. The summed E-state index contributed by atoms with van der Waals surface area (Å²) < 4.78 is 0. The van der Waals surface area contributed by atoms with Gasteiger partial charge in [-0.3, -0.25) is 0 Å². The van der Waals surface area contributed by atoms with E-state index < -0.39 is 18.1 Å². The Kier molecular flexibility index (Phi) is 5.74. The van der Waals surface area contributed by atoms with E-state index in [4.69, 9.17) is 5.11 Å². The van der Waals surface area contributed by atoms with Crippen molar-refractivity contribution in [1.29, 1.82) is 0 Å². The molecule has 0 radical (unpaired) electrons. The first-order valence-corrected chi connectivity index (χ1v) is 7.28. The van der Waals surface area contributed by atoms with E-state index in [-0.39, 0.29) is 19.0 Å². The molecule has 0 unspecified atom stereocenters. The maximum atomic E-state index is 12.1. The number of hydrogen-bond donors (Lipinski definition) is 2. The summed E-state index contributed by atoms with van der Waals surface area (Å²) in [5.74, 6) is -0.0970. The number of thioether (sulfide) groups is 1. The predicted octanol–water partition coefficient (Wildman–Crippen LogP) is 0.311. The minimum atomic E-state index is -1.06. The van der Waals surface area contributed by atoms with Gasteiger partial charge in [-0.1, -0.05) is 0 Å². The van der Waals surface area contributed by atoms with Crippen molar-refractivity contribution in [2.24, 2.45) is 0 Å². The lowest BCUT2D eigenvalue weighted by Crippen LogP contribution is -2.47. The Labute approximate surface area is 111 Å². The first-order chi connectivity index (χ1) is 8.47. The molecule has 7 heteroatoms. The summed E-state index contributed by atoms with van der Waals surface area (Å²) in [6, 6.07) is -1.23. The maximum Gasteiger partial charge on any atom is 0.326 e. The molecular weight excluding hydrogens is 256 g/mol. The van der Waals surface area contributed by atoms with Gasteiger partial charge in [-0.25, -0.2) is 9.59 Å². The smallest absolute Gasteiger partial charge is 0.326 e. The minimum Gasteiger partial charge on any atom is -0.480 e. The van der Waals surface area contributed by atoms with Crippen LogP contribution in [0, 0.1) is 0 Å². The summed E-state index contributed by atoms with van der Waals surface area (Å²) in [6.45, 7) is 0.696. The molecule has 1 rings (SSSR count). The van der Waals surface area contributed by atoms with Gasteiger partial charge in [-0.2, -0.15) is 11.8 Å². The van der Waals surface area contributed by atoms with E-state index in [0.717, 1.165) is 12.2 Å². The SMILES string of the molecule is CSCCCN(C)C(=O)N1C[C@H](O)C[C@@H]1C(=O)O. The Balaban J connectivity index is 2.56. The number of carboxylic acids is 1. The van der Waals surface area contributed by atoms with Crippen molar-refractivity contribution in [2.75, 3.05) is 32.1 Å². The van der Waals surface area contributed by atoms with Gasteiger partial charge >= 0.3 is 12.0 Å². The van der Waals surface area contributed by atoms with E-state index >= 15 is 0 Å². The highest BCUT2D eigenvalue weighted by molar-refractivity contribution is 7.98. The second kappa shape index (κ2) is 6.84. The molecule has 2 amide bonds. The molecule has 0 aromatic heterocycles. The van der Waals surface area contributed by atoms with E-state index in [1.807, 2.05) is 6.26 Å². The van der Waals surface area contributed by atoms with Gasteiger partial charge in [0.2, 0.25) is 0 Å². The topological polar surface area (TPSA) is 81.1 Å². The number of carbonyl (C=O) groups is 2. The fraction of sp³-hybridized carbons (Fsp3) is 0.818. The molecule has 6 nitrogen and oxygen atoms in total. The molecule has 2 N–H and O–H groups in total. The molecule has 1 fully saturated rings. The summed E-state index contributed by atoms with van der Waals surface area (Å²) in [5, 5.41) is 18.5. The van der Waals surface area contributed by atoms with Gasteiger partial charge < -0.3 is 20.0 Å². The number of aliphatic hydroxyl groups excluding tert-OH is 1. The largest absolute Gasteiger partial charge is 0.480 e. The van der Waals surface area contributed by atoms with Gasteiger partial charge in [0.1, 0.15) is 6.04 Å². The fourth-order valence-corrected chi connectivity index (χ4v) is 2.44. The number of aliphatic hydroxyl groups is 1. The molecule has 1 saturated heterocycles. The number of carboxylic acid groups (broad SMARTS) is 1. The van der Waals surface area contributed by atoms with Gasteiger partial charge in [0.15, 0.2) is 0 Å². The Bertz CT molecular complexity index is 313. The third-order valence-electron chi connectivity index (χ3n) is 2.98. The first kappa shape index (κ1) is 15.1. The number of aliphatic carboxylic acids is 1. The highest BCUT2D eigenvalue weighted by Gasteiger charge is 2.39. The second-order valence-electron chi connectivity index (χ2n) is 4.45. The number of rotatable bonds is 5. The van der Waals surface area contributed by atoms with E-state index in [1.165, 1.54) is 9.80 Å². The van der Waals surface area contributed by atoms with Crippen LogP contribution in [0.25, 0.3) is 0 Å². The summed E-state index contributed by atoms with van der Waals surface area (Å²) in [7, 11) is 1.66. The lowest BCUT2D eigenvalue weighted by atomic mass is 10.2. The van der Waals surface area contributed by atoms with E-state index in [1.54, 1.807) is 18.8 Å². The average molecular weight is 276 g/mol.